The Morgan fingerprint density at radius 1 is 0.500 bits per heavy atom. The van der Waals surface area contributed by atoms with E-state index in [0.717, 1.165) is 48.4 Å². The Bertz CT molecular complexity index is 597. The maximum atomic E-state index is 6.09. The molecule has 36 heavy (non-hydrogen) atoms. The van der Waals surface area contributed by atoms with Crippen molar-refractivity contribution in [2.24, 2.45) is 23.7 Å². The van der Waals surface area contributed by atoms with E-state index in [2.05, 4.69) is 38.1 Å². The molecule has 0 amide bonds. The average Bonchev–Trinajstić information content (AvgIpc) is 2.91. The molecule has 0 aliphatic heterocycles. The molecule has 4 unspecified atom stereocenters. The van der Waals surface area contributed by atoms with Crippen LogP contribution in [0.15, 0.2) is 24.3 Å². The summed E-state index contributed by atoms with van der Waals surface area (Å²) < 4.78 is 12.2. The molecule has 0 spiro atoms. The normalized spacial score (nSPS) is 24.5. The Balaban J connectivity index is 1.27. The zero-order chi connectivity index (χ0) is 25.3. The third kappa shape index (κ3) is 11.1. The van der Waals surface area contributed by atoms with Gasteiger partial charge in [0.2, 0.25) is 0 Å². The van der Waals surface area contributed by atoms with E-state index in [9.17, 15) is 0 Å². The van der Waals surface area contributed by atoms with Gasteiger partial charge in [-0.05, 0) is 73.6 Å². The van der Waals surface area contributed by atoms with Gasteiger partial charge in [-0.25, -0.2) is 0 Å². The largest absolute Gasteiger partial charge is 0.494 e. The van der Waals surface area contributed by atoms with Gasteiger partial charge >= 0.3 is 0 Å². The minimum Gasteiger partial charge on any atom is -0.494 e. The molecule has 0 heterocycles. The monoisotopic (exact) mass is 498 g/mol. The minimum atomic E-state index is 0.846. The van der Waals surface area contributed by atoms with Crippen LogP contribution in [0.25, 0.3) is 0 Å². The molecule has 4 atom stereocenters. The number of ether oxygens (including phenoxy) is 2. The third-order valence-corrected chi connectivity index (χ3v) is 9.29. The molecule has 2 fully saturated rings. The predicted octanol–water partition coefficient (Wildman–Crippen LogP) is 10.8. The van der Waals surface area contributed by atoms with Gasteiger partial charge in [0.1, 0.15) is 11.5 Å². The zero-order valence-electron chi connectivity index (χ0n) is 24.0. The van der Waals surface area contributed by atoms with Crippen LogP contribution in [0.2, 0.25) is 0 Å². The van der Waals surface area contributed by atoms with E-state index in [1.165, 1.54) is 128 Å². The minimum absolute atomic E-state index is 0.846. The number of hydrogen-bond donors (Lipinski definition) is 0. The van der Waals surface area contributed by atoms with Crippen molar-refractivity contribution >= 4 is 0 Å². The molecule has 0 saturated heterocycles. The van der Waals surface area contributed by atoms with Crippen LogP contribution in [0.4, 0.5) is 0 Å². The first-order chi connectivity index (χ1) is 17.8. The van der Waals surface area contributed by atoms with Crippen molar-refractivity contribution < 1.29 is 9.47 Å². The summed E-state index contributed by atoms with van der Waals surface area (Å²) in [6.07, 6.45) is 28.0. The Labute approximate surface area is 224 Å². The van der Waals surface area contributed by atoms with Crippen molar-refractivity contribution in [2.45, 2.75) is 142 Å². The molecule has 0 radical (unpaired) electrons. The number of hydrogen-bond acceptors (Lipinski definition) is 2. The van der Waals surface area contributed by atoms with Gasteiger partial charge in [-0.3, -0.25) is 0 Å². The Kier molecular flexibility index (Phi) is 14.8. The lowest BCUT2D eigenvalue weighted by atomic mass is 9.74. The van der Waals surface area contributed by atoms with Crippen LogP contribution in [0.1, 0.15) is 142 Å². The SMILES string of the molecule is CCCCCC1CCCCC1CCCOc1ccc(OCCCC2CCCCC2CCCCC)cc1. The fraction of sp³-hybridized carbons (Fsp3) is 0.824. The van der Waals surface area contributed by atoms with Gasteiger partial charge in [-0.1, -0.05) is 117 Å². The Hall–Kier alpha value is -1.18. The Morgan fingerprint density at radius 2 is 0.833 bits per heavy atom. The quantitative estimate of drug-likeness (QED) is 0.187. The second-order valence-electron chi connectivity index (χ2n) is 12.1. The van der Waals surface area contributed by atoms with Crippen molar-refractivity contribution in [3.63, 3.8) is 0 Å². The number of unbranched alkanes of at least 4 members (excludes halogenated alkanes) is 4. The van der Waals surface area contributed by atoms with Crippen LogP contribution in [0.3, 0.4) is 0 Å². The van der Waals surface area contributed by atoms with Crippen molar-refractivity contribution in [3.05, 3.63) is 24.3 Å². The molecule has 1 aromatic rings. The van der Waals surface area contributed by atoms with Crippen molar-refractivity contribution in [2.75, 3.05) is 13.2 Å². The lowest BCUT2D eigenvalue weighted by molar-refractivity contribution is 0.190. The predicted molar refractivity (Wildman–Crippen MR) is 155 cm³/mol. The molecular weight excluding hydrogens is 440 g/mol. The summed E-state index contributed by atoms with van der Waals surface area (Å²) in [6, 6.07) is 8.37. The lowest BCUT2D eigenvalue weighted by Gasteiger charge is -2.32. The van der Waals surface area contributed by atoms with E-state index in [-0.39, 0.29) is 0 Å². The molecule has 0 N–H and O–H groups in total. The van der Waals surface area contributed by atoms with E-state index in [1.807, 2.05) is 0 Å². The van der Waals surface area contributed by atoms with E-state index in [4.69, 9.17) is 9.47 Å². The maximum absolute atomic E-state index is 6.09. The summed E-state index contributed by atoms with van der Waals surface area (Å²) >= 11 is 0. The summed E-state index contributed by atoms with van der Waals surface area (Å²) in [7, 11) is 0. The van der Waals surface area contributed by atoms with Crippen molar-refractivity contribution in [3.8, 4) is 11.5 Å². The van der Waals surface area contributed by atoms with Gasteiger partial charge in [0.05, 0.1) is 13.2 Å². The number of rotatable bonds is 18. The molecule has 2 nitrogen and oxygen atoms in total. The molecular formula is C34H58O2. The highest BCUT2D eigenvalue weighted by molar-refractivity contribution is 5.31. The summed E-state index contributed by atoms with van der Waals surface area (Å²) in [5.74, 6) is 5.81. The van der Waals surface area contributed by atoms with Gasteiger partial charge in [0.25, 0.3) is 0 Å². The fourth-order valence-electron chi connectivity index (χ4n) is 7.11. The molecule has 1 aromatic carbocycles. The summed E-state index contributed by atoms with van der Waals surface area (Å²) in [5.41, 5.74) is 0. The van der Waals surface area contributed by atoms with Crippen LogP contribution >= 0.6 is 0 Å². The first-order valence-electron chi connectivity index (χ1n) is 16.2. The standard InChI is InChI=1S/C34H58O2/c1-3-5-7-15-29-17-9-11-19-31(29)21-13-27-35-33-23-25-34(26-24-33)36-28-14-22-32-20-12-10-18-30(32)16-8-6-4-2/h23-26,29-32H,3-22,27-28H2,1-2H3. The Morgan fingerprint density at radius 3 is 1.17 bits per heavy atom. The number of benzene rings is 1. The van der Waals surface area contributed by atoms with E-state index < -0.39 is 0 Å². The fourth-order valence-corrected chi connectivity index (χ4v) is 7.11. The van der Waals surface area contributed by atoms with Crippen molar-refractivity contribution in [1.82, 2.24) is 0 Å². The van der Waals surface area contributed by atoms with Crippen LogP contribution in [0, 0.1) is 23.7 Å². The van der Waals surface area contributed by atoms with Crippen LogP contribution in [-0.2, 0) is 0 Å². The van der Waals surface area contributed by atoms with E-state index in [0.29, 0.717) is 0 Å². The first-order valence-corrected chi connectivity index (χ1v) is 16.2. The maximum Gasteiger partial charge on any atom is 0.119 e. The van der Waals surface area contributed by atoms with Gasteiger partial charge in [-0.2, -0.15) is 0 Å². The molecule has 2 heteroatoms. The third-order valence-electron chi connectivity index (χ3n) is 9.29. The summed E-state index contributed by atoms with van der Waals surface area (Å²) in [5, 5.41) is 0. The van der Waals surface area contributed by atoms with Crippen molar-refractivity contribution in [1.29, 1.82) is 0 Å². The van der Waals surface area contributed by atoms with Gasteiger partial charge in [0.15, 0.2) is 0 Å². The van der Waals surface area contributed by atoms with Crippen LogP contribution < -0.4 is 9.47 Å². The molecule has 2 saturated carbocycles. The highest BCUT2D eigenvalue weighted by Gasteiger charge is 2.25. The molecule has 0 aromatic heterocycles. The average molecular weight is 499 g/mol. The van der Waals surface area contributed by atoms with E-state index >= 15 is 0 Å². The second kappa shape index (κ2) is 18.1. The van der Waals surface area contributed by atoms with Crippen LogP contribution in [-0.4, -0.2) is 13.2 Å². The highest BCUT2D eigenvalue weighted by Crippen LogP contribution is 2.37. The van der Waals surface area contributed by atoms with E-state index in [1.54, 1.807) is 0 Å². The van der Waals surface area contributed by atoms with Gasteiger partial charge in [-0.15, -0.1) is 0 Å². The molecule has 206 valence electrons. The van der Waals surface area contributed by atoms with Gasteiger partial charge < -0.3 is 9.47 Å². The smallest absolute Gasteiger partial charge is 0.119 e. The summed E-state index contributed by atoms with van der Waals surface area (Å²) in [6.45, 7) is 6.33. The second-order valence-corrected chi connectivity index (χ2v) is 12.1. The molecule has 0 bridgehead atoms. The van der Waals surface area contributed by atoms with Crippen LogP contribution in [0.5, 0.6) is 11.5 Å². The molecule has 2 aliphatic carbocycles. The topological polar surface area (TPSA) is 18.5 Å². The zero-order valence-corrected chi connectivity index (χ0v) is 24.0. The first kappa shape index (κ1) is 29.4. The van der Waals surface area contributed by atoms with Gasteiger partial charge in [0, 0.05) is 0 Å². The molecule has 2 aliphatic rings. The molecule has 3 rings (SSSR count). The lowest BCUT2D eigenvalue weighted by Crippen LogP contribution is -2.20. The summed E-state index contributed by atoms with van der Waals surface area (Å²) in [4.78, 5) is 0. The highest BCUT2D eigenvalue weighted by atomic mass is 16.5.